The van der Waals surface area contributed by atoms with E-state index in [4.69, 9.17) is 11.6 Å². The molecule has 1 aliphatic carbocycles. The van der Waals surface area contributed by atoms with Gasteiger partial charge in [0.05, 0.1) is 10.7 Å². The maximum absolute atomic E-state index is 9.61. The highest BCUT2D eigenvalue weighted by Gasteiger charge is 2.27. The smallest absolute Gasteiger partial charge is 0.134 e. The Morgan fingerprint density at radius 3 is 2.82 bits per heavy atom. The minimum Gasteiger partial charge on any atom is -0.506 e. The van der Waals surface area contributed by atoms with Gasteiger partial charge in [0.25, 0.3) is 0 Å². The number of aromatic nitrogens is 2. The third-order valence-corrected chi connectivity index (χ3v) is 3.41. The first-order valence-corrected chi connectivity index (χ1v) is 6.08. The highest BCUT2D eigenvalue weighted by atomic mass is 35.5. The van der Waals surface area contributed by atoms with Gasteiger partial charge in [-0.2, -0.15) is 0 Å². The fraction of sp³-hybridized carbons (Fsp3) is 0.308. The number of hydrogen-bond acceptors (Lipinski definition) is 2. The number of benzene rings is 1. The highest BCUT2D eigenvalue weighted by Crippen LogP contribution is 2.40. The van der Waals surface area contributed by atoms with E-state index in [0.717, 1.165) is 22.8 Å². The molecule has 17 heavy (non-hydrogen) atoms. The van der Waals surface area contributed by atoms with Crippen LogP contribution < -0.4 is 0 Å². The fourth-order valence-corrected chi connectivity index (χ4v) is 2.09. The van der Waals surface area contributed by atoms with Gasteiger partial charge in [0.2, 0.25) is 0 Å². The Bertz CT molecular complexity index is 573. The van der Waals surface area contributed by atoms with Crippen molar-refractivity contribution in [2.45, 2.75) is 25.7 Å². The van der Waals surface area contributed by atoms with Crippen molar-refractivity contribution in [3.8, 4) is 17.0 Å². The molecule has 0 aliphatic heterocycles. The zero-order valence-electron chi connectivity index (χ0n) is 9.50. The minimum absolute atomic E-state index is 0.0968. The molecule has 4 heteroatoms. The second-order valence-electron chi connectivity index (χ2n) is 4.54. The number of phenols is 1. The Morgan fingerprint density at radius 2 is 2.18 bits per heavy atom. The number of aromatic amines is 1. The largest absolute Gasteiger partial charge is 0.506 e. The number of nitrogens with one attached hydrogen (secondary N) is 1. The van der Waals surface area contributed by atoms with Gasteiger partial charge >= 0.3 is 0 Å². The molecular formula is C13H13ClN2O. The molecule has 0 bridgehead atoms. The Balaban J connectivity index is 2.04. The van der Waals surface area contributed by atoms with Crippen molar-refractivity contribution in [3.05, 3.63) is 34.7 Å². The number of nitrogens with zero attached hydrogens (tertiary/aromatic N) is 1. The number of aryl methyl sites for hydroxylation is 1. The second-order valence-corrected chi connectivity index (χ2v) is 4.94. The van der Waals surface area contributed by atoms with Gasteiger partial charge in [-0.15, -0.1) is 0 Å². The van der Waals surface area contributed by atoms with Crippen LogP contribution in [0, 0.1) is 6.92 Å². The summed E-state index contributed by atoms with van der Waals surface area (Å²) in [7, 11) is 0. The number of halogens is 1. The molecule has 0 atom stereocenters. The van der Waals surface area contributed by atoms with Crippen molar-refractivity contribution in [2.24, 2.45) is 0 Å². The Morgan fingerprint density at radius 1 is 1.41 bits per heavy atom. The molecule has 1 aromatic carbocycles. The third-order valence-electron chi connectivity index (χ3n) is 3.09. The van der Waals surface area contributed by atoms with E-state index in [2.05, 4.69) is 9.97 Å². The van der Waals surface area contributed by atoms with Crippen molar-refractivity contribution in [1.29, 1.82) is 0 Å². The zero-order chi connectivity index (χ0) is 12.0. The van der Waals surface area contributed by atoms with E-state index in [9.17, 15) is 5.11 Å². The summed E-state index contributed by atoms with van der Waals surface area (Å²) < 4.78 is 0. The van der Waals surface area contributed by atoms with Crippen molar-refractivity contribution < 1.29 is 5.11 Å². The summed E-state index contributed by atoms with van der Waals surface area (Å²) in [6.45, 7) is 2.00. The molecule has 0 saturated heterocycles. The van der Waals surface area contributed by atoms with Gasteiger partial charge in [-0.25, -0.2) is 4.98 Å². The molecule has 0 spiro atoms. The van der Waals surface area contributed by atoms with Crippen LogP contribution in [0.4, 0.5) is 0 Å². The van der Waals surface area contributed by atoms with Gasteiger partial charge in [0.15, 0.2) is 0 Å². The van der Waals surface area contributed by atoms with Crippen molar-refractivity contribution in [1.82, 2.24) is 9.97 Å². The number of H-pyrrole nitrogens is 1. The van der Waals surface area contributed by atoms with Crippen LogP contribution in [-0.4, -0.2) is 15.1 Å². The van der Waals surface area contributed by atoms with Crippen LogP contribution in [0.2, 0.25) is 5.02 Å². The van der Waals surface area contributed by atoms with Gasteiger partial charge < -0.3 is 10.1 Å². The van der Waals surface area contributed by atoms with Crippen LogP contribution in [0.25, 0.3) is 11.3 Å². The van der Waals surface area contributed by atoms with E-state index in [0.29, 0.717) is 10.9 Å². The zero-order valence-corrected chi connectivity index (χ0v) is 10.3. The molecule has 1 aliphatic rings. The van der Waals surface area contributed by atoms with Gasteiger partial charge in [-0.3, -0.25) is 0 Å². The summed E-state index contributed by atoms with van der Waals surface area (Å²) in [5, 5.41) is 9.98. The molecule has 1 heterocycles. The quantitative estimate of drug-likeness (QED) is 0.853. The molecule has 2 aromatic rings. The average molecular weight is 249 g/mol. The molecule has 1 fully saturated rings. The lowest BCUT2D eigenvalue weighted by Crippen LogP contribution is -1.82. The van der Waals surface area contributed by atoms with Crippen molar-refractivity contribution in [3.63, 3.8) is 0 Å². The number of imidazole rings is 1. The maximum Gasteiger partial charge on any atom is 0.134 e. The molecule has 3 nitrogen and oxygen atoms in total. The molecular weight excluding hydrogens is 236 g/mol. The van der Waals surface area contributed by atoms with Crippen LogP contribution in [0.15, 0.2) is 18.2 Å². The van der Waals surface area contributed by atoms with Gasteiger partial charge in [0.1, 0.15) is 11.6 Å². The standard InChI is InChI=1S/C13H13ClN2O/c1-7-12(16-13(15-7)8-2-3-8)9-4-5-10(14)11(17)6-9/h4-6,8,17H,2-3H2,1H3,(H,15,16). The first-order chi connectivity index (χ1) is 8.15. The molecule has 1 aromatic heterocycles. The average Bonchev–Trinajstić information content (AvgIpc) is 3.07. The summed E-state index contributed by atoms with van der Waals surface area (Å²) in [5.41, 5.74) is 2.83. The lowest BCUT2D eigenvalue weighted by Gasteiger charge is -2.01. The lowest BCUT2D eigenvalue weighted by atomic mass is 10.1. The minimum atomic E-state index is 0.0968. The number of aromatic hydroxyl groups is 1. The molecule has 88 valence electrons. The Hall–Kier alpha value is -1.48. The third kappa shape index (κ3) is 1.91. The van der Waals surface area contributed by atoms with Crippen LogP contribution in [0.5, 0.6) is 5.75 Å². The number of rotatable bonds is 2. The molecule has 3 rings (SSSR count). The normalized spacial score (nSPS) is 15.2. The lowest BCUT2D eigenvalue weighted by molar-refractivity contribution is 0.476. The van der Waals surface area contributed by atoms with E-state index >= 15 is 0 Å². The maximum atomic E-state index is 9.61. The molecule has 2 N–H and O–H groups in total. The van der Waals surface area contributed by atoms with Gasteiger partial charge in [0, 0.05) is 17.2 Å². The topological polar surface area (TPSA) is 48.9 Å². The van der Waals surface area contributed by atoms with Crippen LogP contribution in [0.3, 0.4) is 0 Å². The first kappa shape index (κ1) is 10.7. The molecule has 0 unspecified atom stereocenters. The van der Waals surface area contributed by atoms with Crippen LogP contribution >= 0.6 is 11.6 Å². The predicted octanol–water partition coefficient (Wildman–Crippen LogP) is 3.62. The summed E-state index contributed by atoms with van der Waals surface area (Å²) in [6, 6.07) is 5.22. The SMILES string of the molecule is Cc1[nH]c(C2CC2)nc1-c1ccc(Cl)c(O)c1. The number of phenolic OH excluding ortho intramolecular Hbond substituents is 1. The molecule has 0 radical (unpaired) electrons. The van der Waals surface area contributed by atoms with Crippen LogP contribution in [0.1, 0.15) is 30.3 Å². The fourth-order valence-electron chi connectivity index (χ4n) is 1.97. The van der Waals surface area contributed by atoms with E-state index < -0.39 is 0 Å². The number of hydrogen-bond donors (Lipinski definition) is 2. The molecule has 0 amide bonds. The summed E-state index contributed by atoms with van der Waals surface area (Å²) in [4.78, 5) is 7.92. The van der Waals surface area contributed by atoms with Gasteiger partial charge in [-0.05, 0) is 31.9 Å². The highest BCUT2D eigenvalue weighted by molar-refractivity contribution is 6.32. The predicted molar refractivity (Wildman–Crippen MR) is 67.4 cm³/mol. The van der Waals surface area contributed by atoms with E-state index in [1.807, 2.05) is 13.0 Å². The van der Waals surface area contributed by atoms with E-state index in [-0.39, 0.29) is 5.75 Å². The van der Waals surface area contributed by atoms with Crippen molar-refractivity contribution >= 4 is 11.6 Å². The summed E-state index contributed by atoms with van der Waals surface area (Å²) in [6.07, 6.45) is 2.44. The summed E-state index contributed by atoms with van der Waals surface area (Å²) >= 11 is 5.80. The Labute approximate surface area is 104 Å². The van der Waals surface area contributed by atoms with Gasteiger partial charge in [-0.1, -0.05) is 17.7 Å². The monoisotopic (exact) mass is 248 g/mol. The second kappa shape index (κ2) is 3.77. The van der Waals surface area contributed by atoms with Crippen molar-refractivity contribution in [2.75, 3.05) is 0 Å². The van der Waals surface area contributed by atoms with Crippen LogP contribution in [-0.2, 0) is 0 Å². The van der Waals surface area contributed by atoms with E-state index in [1.54, 1.807) is 12.1 Å². The first-order valence-electron chi connectivity index (χ1n) is 5.70. The molecule has 1 saturated carbocycles. The van der Waals surface area contributed by atoms with E-state index in [1.165, 1.54) is 12.8 Å². The summed E-state index contributed by atoms with van der Waals surface area (Å²) in [5.74, 6) is 1.76. The Kier molecular flexibility index (Phi) is 2.37.